The van der Waals surface area contributed by atoms with Crippen molar-refractivity contribution >= 4 is 28.9 Å². The fourth-order valence-electron chi connectivity index (χ4n) is 2.57. The van der Waals surface area contributed by atoms with Crippen molar-refractivity contribution in [3.63, 3.8) is 0 Å². The van der Waals surface area contributed by atoms with Crippen molar-refractivity contribution in [2.24, 2.45) is 5.73 Å². The van der Waals surface area contributed by atoms with E-state index in [1.54, 1.807) is 30.3 Å². The summed E-state index contributed by atoms with van der Waals surface area (Å²) in [4.78, 5) is 35.1. The molecule has 0 saturated carbocycles. The first-order chi connectivity index (χ1) is 13.5. The summed E-state index contributed by atoms with van der Waals surface area (Å²) in [7, 11) is 0. The topological polar surface area (TPSA) is 121 Å². The molecule has 0 aliphatic rings. The zero-order chi connectivity index (χ0) is 20.1. The molecule has 3 aromatic rings. The Balaban J connectivity index is 1.84. The van der Waals surface area contributed by atoms with Crippen molar-refractivity contribution in [1.82, 2.24) is 5.32 Å². The van der Waals surface area contributed by atoms with Gasteiger partial charge in [-0.05, 0) is 25.1 Å². The lowest BCUT2D eigenvalue weighted by atomic mass is 10.1. The fourth-order valence-corrected chi connectivity index (χ4v) is 2.57. The molecule has 0 aliphatic carbocycles. The number of amides is 3. The summed E-state index contributed by atoms with van der Waals surface area (Å²) in [6.45, 7) is 1.38. The second kappa shape index (κ2) is 8.26. The third-order valence-corrected chi connectivity index (χ3v) is 3.91. The third kappa shape index (κ3) is 4.29. The number of ether oxygens (including phenoxy) is 2. The van der Waals surface area contributed by atoms with Crippen molar-refractivity contribution in [1.29, 1.82) is 0 Å². The summed E-state index contributed by atoms with van der Waals surface area (Å²) in [6.07, 6.45) is -1.24. The van der Waals surface area contributed by atoms with Crippen molar-refractivity contribution in [3.8, 4) is 5.75 Å². The summed E-state index contributed by atoms with van der Waals surface area (Å²) in [5.41, 5.74) is 5.87. The van der Waals surface area contributed by atoms with Crippen LogP contribution in [0.15, 0.2) is 59.0 Å². The van der Waals surface area contributed by atoms with E-state index in [1.165, 1.54) is 6.92 Å². The van der Waals surface area contributed by atoms with Crippen molar-refractivity contribution < 1.29 is 28.3 Å². The van der Waals surface area contributed by atoms with Crippen molar-refractivity contribution in [2.45, 2.75) is 19.6 Å². The van der Waals surface area contributed by atoms with E-state index in [-0.39, 0.29) is 12.4 Å². The second-order valence-corrected chi connectivity index (χ2v) is 5.91. The monoisotopic (exact) mass is 382 g/mol. The molecular weight excluding hydrogens is 364 g/mol. The molecule has 8 heteroatoms. The molecule has 0 saturated heterocycles. The van der Waals surface area contributed by atoms with Gasteiger partial charge in [0.2, 0.25) is 5.76 Å². The van der Waals surface area contributed by atoms with E-state index in [2.05, 4.69) is 0 Å². The predicted octanol–water partition coefficient (Wildman–Crippen LogP) is 2.75. The number of hydrogen-bond acceptors (Lipinski definition) is 6. The number of benzene rings is 2. The van der Waals surface area contributed by atoms with Gasteiger partial charge in [-0.2, -0.15) is 0 Å². The van der Waals surface area contributed by atoms with E-state index >= 15 is 0 Å². The van der Waals surface area contributed by atoms with Crippen LogP contribution in [0.2, 0.25) is 0 Å². The van der Waals surface area contributed by atoms with E-state index in [4.69, 9.17) is 19.6 Å². The molecule has 1 heterocycles. The zero-order valence-corrected chi connectivity index (χ0v) is 15.0. The van der Waals surface area contributed by atoms with Crippen LogP contribution in [0, 0.1) is 0 Å². The van der Waals surface area contributed by atoms with Crippen LogP contribution in [0.25, 0.3) is 11.0 Å². The summed E-state index contributed by atoms with van der Waals surface area (Å²) >= 11 is 0. The van der Waals surface area contributed by atoms with E-state index in [0.717, 1.165) is 0 Å². The summed E-state index contributed by atoms with van der Waals surface area (Å²) in [5.74, 6) is -1.13. The Bertz CT molecular complexity index is 1010. The molecule has 0 aliphatic heterocycles. The average molecular weight is 382 g/mol. The lowest BCUT2D eigenvalue weighted by Crippen LogP contribution is -2.42. The van der Waals surface area contributed by atoms with Gasteiger partial charge >= 0.3 is 12.0 Å². The quantitative estimate of drug-likeness (QED) is 0.632. The van der Waals surface area contributed by atoms with Gasteiger partial charge in [0.1, 0.15) is 17.9 Å². The van der Waals surface area contributed by atoms with Gasteiger partial charge in [-0.25, -0.2) is 9.59 Å². The molecular formula is C20H18N2O6. The van der Waals surface area contributed by atoms with Crippen LogP contribution >= 0.6 is 0 Å². The van der Waals surface area contributed by atoms with Crippen LogP contribution in [0.5, 0.6) is 5.75 Å². The first kappa shape index (κ1) is 19.0. The molecule has 3 N–H and O–H groups in total. The smallest absolute Gasteiger partial charge is 0.375 e. The van der Waals surface area contributed by atoms with Crippen molar-refractivity contribution in [3.05, 3.63) is 65.9 Å². The molecule has 144 valence electrons. The number of para-hydroxylation sites is 2. The Kier molecular flexibility index (Phi) is 5.59. The Morgan fingerprint density at radius 2 is 1.75 bits per heavy atom. The molecule has 0 fully saturated rings. The van der Waals surface area contributed by atoms with Crippen LogP contribution in [0.3, 0.4) is 0 Å². The van der Waals surface area contributed by atoms with Gasteiger partial charge in [0.05, 0.1) is 5.56 Å². The Hall–Kier alpha value is -3.81. The normalized spacial score (nSPS) is 11.6. The number of fused-ring (bicyclic) bond motifs is 1. The largest absolute Gasteiger partial charge is 0.489 e. The maximum atomic E-state index is 12.6. The molecule has 1 atom stereocenters. The number of furan rings is 1. The number of primary amides is 1. The number of nitrogens with two attached hydrogens (primary N) is 1. The molecule has 0 radical (unpaired) electrons. The van der Waals surface area contributed by atoms with Crippen LogP contribution < -0.4 is 15.8 Å². The van der Waals surface area contributed by atoms with E-state index in [1.807, 2.05) is 29.6 Å². The molecule has 0 spiro atoms. The van der Waals surface area contributed by atoms with E-state index in [9.17, 15) is 14.4 Å². The Morgan fingerprint density at radius 1 is 1.07 bits per heavy atom. The lowest BCUT2D eigenvalue weighted by molar-refractivity contribution is -0.127. The second-order valence-electron chi connectivity index (χ2n) is 5.91. The number of rotatable bonds is 6. The molecule has 3 rings (SSSR count). The predicted molar refractivity (Wildman–Crippen MR) is 99.6 cm³/mol. The van der Waals surface area contributed by atoms with Gasteiger partial charge in [-0.3, -0.25) is 10.1 Å². The molecule has 1 aromatic heterocycles. The lowest BCUT2D eigenvalue weighted by Gasteiger charge is -2.12. The SMILES string of the molecule is C[C@@H](OC(=O)c1oc2ccccc2c1COc1ccccc1)C(=O)NC(N)=O. The first-order valence-corrected chi connectivity index (χ1v) is 8.45. The number of esters is 1. The van der Waals surface area contributed by atoms with E-state index in [0.29, 0.717) is 22.3 Å². The number of hydrogen-bond donors (Lipinski definition) is 2. The molecule has 0 bridgehead atoms. The van der Waals surface area contributed by atoms with Gasteiger partial charge in [-0.1, -0.05) is 36.4 Å². The van der Waals surface area contributed by atoms with Crippen LogP contribution in [0.1, 0.15) is 23.0 Å². The fraction of sp³-hybridized carbons (Fsp3) is 0.150. The third-order valence-electron chi connectivity index (χ3n) is 3.91. The highest BCUT2D eigenvalue weighted by molar-refractivity contribution is 5.99. The molecule has 2 aromatic carbocycles. The van der Waals surface area contributed by atoms with E-state index < -0.39 is 24.0 Å². The molecule has 8 nitrogen and oxygen atoms in total. The zero-order valence-electron chi connectivity index (χ0n) is 15.0. The van der Waals surface area contributed by atoms with Crippen molar-refractivity contribution in [2.75, 3.05) is 0 Å². The number of carbonyl (C=O) groups is 3. The first-order valence-electron chi connectivity index (χ1n) is 8.45. The Labute approximate surface area is 160 Å². The minimum Gasteiger partial charge on any atom is -0.489 e. The van der Waals surface area contributed by atoms with Gasteiger partial charge in [0, 0.05) is 5.39 Å². The average Bonchev–Trinajstić information content (AvgIpc) is 3.05. The van der Waals surface area contributed by atoms with Gasteiger partial charge < -0.3 is 19.6 Å². The highest BCUT2D eigenvalue weighted by Crippen LogP contribution is 2.28. The highest BCUT2D eigenvalue weighted by atomic mass is 16.6. The van der Waals surface area contributed by atoms with Crippen LogP contribution in [0.4, 0.5) is 4.79 Å². The summed E-state index contributed by atoms with van der Waals surface area (Å²) in [6, 6.07) is 15.1. The van der Waals surface area contributed by atoms with Gasteiger partial charge in [0.15, 0.2) is 6.10 Å². The summed E-state index contributed by atoms with van der Waals surface area (Å²) < 4.78 is 16.5. The van der Waals surface area contributed by atoms with Gasteiger partial charge in [0.25, 0.3) is 5.91 Å². The maximum Gasteiger partial charge on any atom is 0.375 e. The maximum absolute atomic E-state index is 12.6. The number of urea groups is 1. The Morgan fingerprint density at radius 3 is 2.46 bits per heavy atom. The number of carbonyl (C=O) groups excluding carboxylic acids is 3. The van der Waals surface area contributed by atoms with Gasteiger partial charge in [-0.15, -0.1) is 0 Å². The number of nitrogens with one attached hydrogen (secondary N) is 1. The molecule has 3 amide bonds. The standard InChI is InChI=1S/C20H18N2O6/c1-12(18(23)22-20(21)25)27-19(24)17-15(11-26-13-7-3-2-4-8-13)14-9-5-6-10-16(14)28-17/h2-10,12H,11H2,1H3,(H3,21,22,23,25)/t12-/m1/s1. The van der Waals surface area contributed by atoms with Crippen LogP contribution in [-0.4, -0.2) is 24.0 Å². The molecule has 28 heavy (non-hydrogen) atoms. The highest BCUT2D eigenvalue weighted by Gasteiger charge is 2.26. The number of imide groups is 1. The minimum absolute atomic E-state index is 0.0628. The molecule has 0 unspecified atom stereocenters. The minimum atomic E-state index is -1.24. The van der Waals surface area contributed by atoms with Crippen LogP contribution in [-0.2, 0) is 16.1 Å². The summed E-state index contributed by atoms with van der Waals surface area (Å²) in [5, 5.41) is 2.55.